The average Bonchev–Trinajstić information content (AvgIpc) is 3.20. The van der Waals surface area contributed by atoms with Gasteiger partial charge in [-0.05, 0) is 55.6 Å². The van der Waals surface area contributed by atoms with Gasteiger partial charge in [0.2, 0.25) is 5.91 Å². The number of carbonyl (C=O) groups is 3. The summed E-state index contributed by atoms with van der Waals surface area (Å²) in [6.45, 7) is 7.09. The first-order valence-electron chi connectivity index (χ1n) is 12.2. The normalized spacial score (nSPS) is 27.6. The molecular formula is C25H33N5O4. The van der Waals surface area contributed by atoms with Crippen molar-refractivity contribution in [1.82, 2.24) is 24.7 Å². The maximum Gasteiger partial charge on any atom is 0.326 e. The number of H-pyrrole nitrogens is 1. The van der Waals surface area contributed by atoms with Crippen LogP contribution in [0.25, 0.3) is 11.0 Å². The van der Waals surface area contributed by atoms with Gasteiger partial charge in [-0.1, -0.05) is 32.9 Å². The van der Waals surface area contributed by atoms with Crippen molar-refractivity contribution in [2.24, 2.45) is 11.3 Å². The number of benzene rings is 1. The van der Waals surface area contributed by atoms with Gasteiger partial charge in [0.25, 0.3) is 5.91 Å². The number of imide groups is 1. The molecule has 9 nitrogen and oxygen atoms in total. The van der Waals surface area contributed by atoms with E-state index in [4.69, 9.17) is 0 Å². The van der Waals surface area contributed by atoms with E-state index in [-0.39, 0.29) is 35.5 Å². The fraction of sp³-hybridized carbons (Fsp3) is 0.600. The van der Waals surface area contributed by atoms with E-state index in [9.17, 15) is 19.2 Å². The maximum atomic E-state index is 13.3. The molecule has 1 spiro atoms. The minimum absolute atomic E-state index is 0.00126. The van der Waals surface area contributed by atoms with Crippen molar-refractivity contribution >= 4 is 28.9 Å². The van der Waals surface area contributed by atoms with Gasteiger partial charge in [0.05, 0.1) is 11.0 Å². The fourth-order valence-corrected chi connectivity index (χ4v) is 6.70. The van der Waals surface area contributed by atoms with Crippen LogP contribution in [-0.4, -0.2) is 62.4 Å². The zero-order valence-electron chi connectivity index (χ0n) is 20.1. The first-order chi connectivity index (χ1) is 16.1. The van der Waals surface area contributed by atoms with Crippen LogP contribution in [0.1, 0.15) is 58.9 Å². The van der Waals surface area contributed by atoms with Gasteiger partial charge in [0, 0.05) is 19.1 Å². The standard InChI is InChI=1S/C25H33N5O4/c1-16-12-24(2,3)15-25(13-16)21(32)29(23(34)27-25)14-20(31)28-10-8-17(9-11-28)30-19-7-5-4-6-18(19)26-22(30)33/h4-7,16-17H,8-15H2,1-3H3,(H,26,33)(H,27,34)/t16-,25+/m0/s1. The second-order valence-corrected chi connectivity index (χ2v) is 11.2. The third-order valence-corrected chi connectivity index (χ3v) is 7.72. The molecule has 2 saturated heterocycles. The molecule has 9 heteroatoms. The van der Waals surface area contributed by atoms with Crippen LogP contribution < -0.4 is 11.0 Å². The topological polar surface area (TPSA) is 108 Å². The number of urea groups is 1. The van der Waals surface area contributed by atoms with E-state index in [0.29, 0.717) is 44.7 Å². The Bertz CT molecular complexity index is 1210. The largest absolute Gasteiger partial charge is 0.341 e. The van der Waals surface area contributed by atoms with Crippen LogP contribution >= 0.6 is 0 Å². The number of likely N-dealkylation sites (tertiary alicyclic amines) is 1. The maximum absolute atomic E-state index is 13.3. The lowest BCUT2D eigenvalue weighted by Gasteiger charge is -2.43. The summed E-state index contributed by atoms with van der Waals surface area (Å²) >= 11 is 0. The summed E-state index contributed by atoms with van der Waals surface area (Å²) in [6.07, 6.45) is 3.48. The monoisotopic (exact) mass is 467 g/mol. The molecule has 4 amide bonds. The third-order valence-electron chi connectivity index (χ3n) is 7.72. The highest BCUT2D eigenvalue weighted by Gasteiger charge is 2.56. The van der Waals surface area contributed by atoms with E-state index < -0.39 is 11.6 Å². The summed E-state index contributed by atoms with van der Waals surface area (Å²) in [5.41, 5.74) is 0.580. The summed E-state index contributed by atoms with van der Waals surface area (Å²) < 4.78 is 1.78. The highest BCUT2D eigenvalue weighted by molar-refractivity contribution is 6.09. The molecule has 0 unspecified atom stereocenters. The molecule has 2 N–H and O–H groups in total. The zero-order valence-corrected chi connectivity index (χ0v) is 20.1. The first kappa shape index (κ1) is 22.7. The molecule has 3 fully saturated rings. The van der Waals surface area contributed by atoms with Gasteiger partial charge in [-0.3, -0.25) is 19.1 Å². The van der Waals surface area contributed by atoms with Crippen LogP contribution in [0.4, 0.5) is 4.79 Å². The SMILES string of the molecule is C[C@H]1CC(C)(C)C[C@@]2(C1)NC(=O)N(CC(=O)N1CCC(n3c(=O)[nH]c4ccccc43)CC1)C2=O. The van der Waals surface area contributed by atoms with Gasteiger partial charge < -0.3 is 15.2 Å². The number of amides is 4. The van der Waals surface area contributed by atoms with E-state index in [2.05, 4.69) is 31.1 Å². The Labute approximate surface area is 198 Å². The molecule has 3 aliphatic rings. The first-order valence-corrected chi connectivity index (χ1v) is 12.2. The smallest absolute Gasteiger partial charge is 0.326 e. The molecule has 2 aliphatic heterocycles. The molecule has 1 saturated carbocycles. The molecule has 0 bridgehead atoms. The minimum Gasteiger partial charge on any atom is -0.341 e. The summed E-state index contributed by atoms with van der Waals surface area (Å²) in [7, 11) is 0. The second kappa shape index (κ2) is 7.99. The van der Waals surface area contributed by atoms with Crippen molar-refractivity contribution in [2.45, 2.75) is 64.5 Å². The van der Waals surface area contributed by atoms with E-state index in [1.807, 2.05) is 24.3 Å². The predicted octanol–water partition coefficient (Wildman–Crippen LogP) is 2.63. The molecule has 1 aromatic heterocycles. The van der Waals surface area contributed by atoms with Crippen LogP contribution in [0.5, 0.6) is 0 Å². The van der Waals surface area contributed by atoms with E-state index >= 15 is 0 Å². The lowest BCUT2D eigenvalue weighted by Crippen LogP contribution is -2.54. The van der Waals surface area contributed by atoms with E-state index in [1.165, 1.54) is 0 Å². The molecule has 182 valence electrons. The number of piperidine rings is 1. The second-order valence-electron chi connectivity index (χ2n) is 11.2. The Kier molecular flexibility index (Phi) is 5.33. The Morgan fingerprint density at radius 1 is 1.09 bits per heavy atom. The van der Waals surface area contributed by atoms with Crippen molar-refractivity contribution < 1.29 is 14.4 Å². The number of rotatable bonds is 3. The van der Waals surface area contributed by atoms with E-state index in [0.717, 1.165) is 22.4 Å². The number of aromatic amines is 1. The lowest BCUT2D eigenvalue weighted by molar-refractivity contribution is -0.141. The van der Waals surface area contributed by atoms with Crippen LogP contribution in [0.2, 0.25) is 0 Å². The van der Waals surface area contributed by atoms with Gasteiger partial charge >= 0.3 is 11.7 Å². The van der Waals surface area contributed by atoms with Crippen LogP contribution in [0.3, 0.4) is 0 Å². The number of fused-ring (bicyclic) bond motifs is 1. The Morgan fingerprint density at radius 3 is 2.50 bits per heavy atom. The molecule has 2 aromatic rings. The Morgan fingerprint density at radius 2 is 1.79 bits per heavy atom. The van der Waals surface area contributed by atoms with E-state index in [1.54, 1.807) is 9.47 Å². The van der Waals surface area contributed by atoms with Gasteiger partial charge in [0.15, 0.2) is 0 Å². The number of hydrogen-bond acceptors (Lipinski definition) is 4. The van der Waals surface area contributed by atoms with Crippen LogP contribution in [0.15, 0.2) is 29.1 Å². The van der Waals surface area contributed by atoms with Crippen molar-refractivity contribution in [2.75, 3.05) is 19.6 Å². The predicted molar refractivity (Wildman–Crippen MR) is 127 cm³/mol. The van der Waals surface area contributed by atoms with Gasteiger partial charge in [0.1, 0.15) is 12.1 Å². The minimum atomic E-state index is -0.901. The zero-order chi connectivity index (χ0) is 24.3. The van der Waals surface area contributed by atoms with Gasteiger partial charge in [-0.15, -0.1) is 0 Å². The number of para-hydroxylation sites is 2. The molecule has 1 aliphatic carbocycles. The molecule has 2 atom stereocenters. The molecule has 0 radical (unpaired) electrons. The Balaban J connectivity index is 1.24. The number of imidazole rings is 1. The highest BCUT2D eigenvalue weighted by Crippen LogP contribution is 2.46. The Hall–Kier alpha value is -3.10. The third kappa shape index (κ3) is 3.80. The number of nitrogens with zero attached hydrogens (tertiary/aromatic N) is 3. The molecule has 1 aromatic carbocycles. The quantitative estimate of drug-likeness (QED) is 0.677. The van der Waals surface area contributed by atoms with Gasteiger partial charge in [-0.2, -0.15) is 0 Å². The van der Waals surface area contributed by atoms with Crippen molar-refractivity contribution in [1.29, 1.82) is 0 Å². The molecule has 3 heterocycles. The summed E-state index contributed by atoms with van der Waals surface area (Å²) in [4.78, 5) is 57.4. The highest BCUT2D eigenvalue weighted by atomic mass is 16.2. The lowest BCUT2D eigenvalue weighted by atomic mass is 9.64. The molecule has 5 rings (SSSR count). The van der Waals surface area contributed by atoms with Crippen molar-refractivity contribution in [3.8, 4) is 0 Å². The summed E-state index contributed by atoms with van der Waals surface area (Å²) in [6, 6.07) is 7.13. The van der Waals surface area contributed by atoms with Crippen LogP contribution in [0, 0.1) is 11.3 Å². The average molecular weight is 468 g/mol. The van der Waals surface area contributed by atoms with Crippen LogP contribution in [-0.2, 0) is 9.59 Å². The number of nitrogens with one attached hydrogen (secondary N) is 2. The number of carbonyl (C=O) groups excluding carboxylic acids is 3. The number of hydrogen-bond donors (Lipinski definition) is 2. The van der Waals surface area contributed by atoms with Gasteiger partial charge in [-0.25, -0.2) is 9.59 Å². The molecule has 34 heavy (non-hydrogen) atoms. The van der Waals surface area contributed by atoms with Crippen molar-refractivity contribution in [3.05, 3.63) is 34.7 Å². The summed E-state index contributed by atoms with van der Waals surface area (Å²) in [5.74, 6) is -0.185. The number of aromatic nitrogens is 2. The summed E-state index contributed by atoms with van der Waals surface area (Å²) in [5, 5.41) is 2.94. The molecular weight excluding hydrogens is 434 g/mol. The fourth-order valence-electron chi connectivity index (χ4n) is 6.70. The van der Waals surface area contributed by atoms with Crippen molar-refractivity contribution in [3.63, 3.8) is 0 Å².